The fourth-order valence-electron chi connectivity index (χ4n) is 3.74. The maximum atomic E-state index is 13.3. The minimum Gasteiger partial charge on any atom is -0.338 e. The van der Waals surface area contributed by atoms with Crippen molar-refractivity contribution in [2.75, 3.05) is 18.0 Å². The lowest BCUT2D eigenvalue weighted by Crippen LogP contribution is -2.41. The zero-order valence-corrected chi connectivity index (χ0v) is 18.0. The van der Waals surface area contributed by atoms with E-state index in [4.69, 9.17) is 11.6 Å². The van der Waals surface area contributed by atoms with Crippen LogP contribution in [0.3, 0.4) is 0 Å². The molecule has 2 aromatic rings. The fourth-order valence-corrected chi connectivity index (χ4v) is 5.42. The van der Waals surface area contributed by atoms with E-state index in [1.165, 1.54) is 12.3 Å². The molecule has 7 heteroatoms. The second kappa shape index (κ2) is 7.50. The van der Waals surface area contributed by atoms with Crippen LogP contribution in [0.25, 0.3) is 0 Å². The molecule has 2 heterocycles. The molecule has 0 bridgehead atoms. The van der Waals surface area contributed by atoms with E-state index in [1.807, 2.05) is 31.2 Å². The lowest BCUT2D eigenvalue weighted by Gasteiger charge is -2.33. The third-order valence-electron chi connectivity index (χ3n) is 5.60. The summed E-state index contributed by atoms with van der Waals surface area (Å²) in [5.74, 6) is 0.109. The topological polar surface area (TPSA) is 57.7 Å². The van der Waals surface area contributed by atoms with E-state index in [0.29, 0.717) is 29.7 Å². The van der Waals surface area contributed by atoms with Gasteiger partial charge in [0.05, 0.1) is 10.6 Å². The number of hydrogen-bond donors (Lipinski definition) is 0. The van der Waals surface area contributed by atoms with Crippen molar-refractivity contribution in [1.82, 2.24) is 4.90 Å². The Morgan fingerprint density at radius 3 is 2.38 bits per heavy atom. The molecule has 1 amide bonds. The lowest BCUT2D eigenvalue weighted by molar-refractivity contribution is -0.127. The van der Waals surface area contributed by atoms with Crippen LogP contribution in [0.4, 0.5) is 11.4 Å². The Morgan fingerprint density at radius 1 is 1.07 bits per heavy atom. The average molecular weight is 431 g/mol. The maximum absolute atomic E-state index is 13.3. The van der Waals surface area contributed by atoms with Gasteiger partial charge in [-0.15, -0.1) is 0 Å². The minimum atomic E-state index is -3.94. The van der Waals surface area contributed by atoms with Crippen molar-refractivity contribution >= 4 is 38.7 Å². The lowest BCUT2D eigenvalue weighted by atomic mass is 9.99. The molecule has 2 aliphatic heterocycles. The van der Waals surface area contributed by atoms with Crippen molar-refractivity contribution in [2.24, 2.45) is 5.92 Å². The molecule has 0 unspecified atom stereocenters. The predicted octanol–water partition coefficient (Wildman–Crippen LogP) is 4.67. The van der Waals surface area contributed by atoms with E-state index in [0.717, 1.165) is 24.1 Å². The van der Waals surface area contributed by atoms with Gasteiger partial charge in [-0.05, 0) is 56.0 Å². The molecule has 0 saturated carbocycles. The molecule has 0 aromatic heterocycles. The molecule has 5 nitrogen and oxygen atoms in total. The Labute approximate surface area is 176 Å². The standard InChI is InChI=1S/C22H23ClN2O3S/c1-15-3-6-18(7-4-15)25-14-21(22(26)24-11-9-16(2)10-12-24)29(27,28)20-8-5-17(23)13-19(20)25/h3-8,13-14,16H,9-12H2,1-2H3. The van der Waals surface area contributed by atoms with E-state index in [9.17, 15) is 13.2 Å². The number of rotatable bonds is 2. The van der Waals surface area contributed by atoms with Crippen molar-refractivity contribution < 1.29 is 13.2 Å². The Balaban J connectivity index is 1.83. The first-order valence-corrected chi connectivity index (χ1v) is 11.5. The molecule has 0 N–H and O–H groups in total. The Kier molecular flexibility index (Phi) is 5.17. The normalized spacial score (nSPS) is 18.9. The van der Waals surface area contributed by atoms with Gasteiger partial charge in [0.15, 0.2) is 4.91 Å². The van der Waals surface area contributed by atoms with Crippen LogP contribution < -0.4 is 4.90 Å². The molecular formula is C22H23ClN2O3S. The van der Waals surface area contributed by atoms with Gasteiger partial charge in [-0.2, -0.15) is 0 Å². The summed E-state index contributed by atoms with van der Waals surface area (Å²) >= 11 is 6.16. The van der Waals surface area contributed by atoms with E-state index in [-0.39, 0.29) is 9.80 Å². The summed E-state index contributed by atoms with van der Waals surface area (Å²) in [5, 5.41) is 0.434. The molecule has 0 atom stereocenters. The third kappa shape index (κ3) is 3.67. The van der Waals surface area contributed by atoms with Gasteiger partial charge in [0.1, 0.15) is 0 Å². The second-order valence-corrected chi connectivity index (χ2v) is 10.1. The largest absolute Gasteiger partial charge is 0.338 e. The van der Waals surface area contributed by atoms with Gasteiger partial charge >= 0.3 is 0 Å². The molecule has 152 valence electrons. The number of benzene rings is 2. The van der Waals surface area contributed by atoms with Gasteiger partial charge in [0, 0.05) is 30.0 Å². The van der Waals surface area contributed by atoms with Crippen molar-refractivity contribution in [3.05, 3.63) is 64.2 Å². The Bertz CT molecular complexity index is 1090. The first-order valence-electron chi connectivity index (χ1n) is 9.69. The number of amides is 1. The molecule has 2 aliphatic rings. The van der Waals surface area contributed by atoms with Gasteiger partial charge in [0.25, 0.3) is 5.91 Å². The minimum absolute atomic E-state index is 0.0960. The number of hydrogen-bond acceptors (Lipinski definition) is 4. The molecule has 0 aliphatic carbocycles. The van der Waals surface area contributed by atoms with Crippen LogP contribution in [-0.2, 0) is 14.6 Å². The third-order valence-corrected chi connectivity index (χ3v) is 7.62. The van der Waals surface area contributed by atoms with Crippen LogP contribution in [0.5, 0.6) is 0 Å². The zero-order chi connectivity index (χ0) is 20.8. The van der Waals surface area contributed by atoms with Crippen molar-refractivity contribution in [1.29, 1.82) is 0 Å². The molecule has 29 heavy (non-hydrogen) atoms. The molecule has 2 aromatic carbocycles. The van der Waals surface area contributed by atoms with E-state index >= 15 is 0 Å². The van der Waals surface area contributed by atoms with Crippen LogP contribution in [0.2, 0.25) is 5.02 Å². The molecule has 4 rings (SSSR count). The second-order valence-electron chi connectivity index (χ2n) is 7.79. The number of fused-ring (bicyclic) bond motifs is 1. The molecule has 1 fully saturated rings. The highest BCUT2D eigenvalue weighted by molar-refractivity contribution is 7.96. The van der Waals surface area contributed by atoms with Crippen LogP contribution >= 0.6 is 11.6 Å². The summed E-state index contributed by atoms with van der Waals surface area (Å²) in [6.45, 7) is 5.28. The number of piperidine rings is 1. The van der Waals surface area contributed by atoms with Gasteiger partial charge in [-0.1, -0.05) is 36.2 Å². The number of sulfone groups is 1. The Hall–Kier alpha value is -2.31. The highest BCUT2D eigenvalue weighted by Gasteiger charge is 2.38. The van der Waals surface area contributed by atoms with Crippen LogP contribution in [0, 0.1) is 12.8 Å². The van der Waals surface area contributed by atoms with Gasteiger partial charge in [0.2, 0.25) is 9.84 Å². The van der Waals surface area contributed by atoms with Gasteiger partial charge < -0.3 is 9.80 Å². The number of nitrogens with zero attached hydrogens (tertiary/aromatic N) is 2. The van der Waals surface area contributed by atoms with E-state index < -0.39 is 15.7 Å². The molecular weight excluding hydrogens is 408 g/mol. The number of anilines is 2. The van der Waals surface area contributed by atoms with Crippen LogP contribution in [-0.4, -0.2) is 32.3 Å². The summed E-state index contributed by atoms with van der Waals surface area (Å²) in [6, 6.07) is 12.3. The summed E-state index contributed by atoms with van der Waals surface area (Å²) in [4.78, 5) is 16.5. The fraction of sp³-hybridized carbons (Fsp3) is 0.318. The Morgan fingerprint density at radius 2 is 1.72 bits per heavy atom. The summed E-state index contributed by atoms with van der Waals surface area (Å²) in [5.41, 5.74) is 2.31. The zero-order valence-electron chi connectivity index (χ0n) is 16.4. The first-order chi connectivity index (χ1) is 13.8. The number of carbonyl (C=O) groups is 1. The van der Waals surface area contributed by atoms with E-state index in [1.54, 1.807) is 21.9 Å². The number of aryl methyl sites for hydroxylation is 1. The maximum Gasteiger partial charge on any atom is 0.267 e. The number of likely N-dealkylation sites (tertiary alicyclic amines) is 1. The van der Waals surface area contributed by atoms with Crippen LogP contribution in [0.15, 0.2) is 58.5 Å². The molecule has 0 radical (unpaired) electrons. The highest BCUT2D eigenvalue weighted by Crippen LogP contribution is 2.41. The monoisotopic (exact) mass is 430 g/mol. The van der Waals surface area contributed by atoms with Gasteiger partial charge in [-0.25, -0.2) is 8.42 Å². The summed E-state index contributed by atoms with van der Waals surface area (Å²) in [6.07, 6.45) is 3.21. The van der Waals surface area contributed by atoms with Crippen molar-refractivity contribution in [3.8, 4) is 0 Å². The summed E-state index contributed by atoms with van der Waals surface area (Å²) < 4.78 is 26.6. The van der Waals surface area contributed by atoms with E-state index in [2.05, 4.69) is 6.92 Å². The molecule has 0 spiro atoms. The quantitative estimate of drug-likeness (QED) is 0.694. The summed E-state index contributed by atoms with van der Waals surface area (Å²) in [7, 11) is -3.94. The smallest absolute Gasteiger partial charge is 0.267 e. The van der Waals surface area contributed by atoms with Crippen LogP contribution in [0.1, 0.15) is 25.3 Å². The number of carbonyl (C=O) groups excluding carboxylic acids is 1. The predicted molar refractivity (Wildman–Crippen MR) is 115 cm³/mol. The van der Waals surface area contributed by atoms with Gasteiger partial charge in [-0.3, -0.25) is 4.79 Å². The first kappa shape index (κ1) is 20.0. The van der Waals surface area contributed by atoms with Crippen molar-refractivity contribution in [2.45, 2.75) is 31.6 Å². The molecule has 1 saturated heterocycles. The highest BCUT2D eigenvalue weighted by atomic mass is 35.5. The number of halogens is 1. The van der Waals surface area contributed by atoms with Crippen molar-refractivity contribution in [3.63, 3.8) is 0 Å². The average Bonchev–Trinajstić information content (AvgIpc) is 2.69. The SMILES string of the molecule is Cc1ccc(N2C=C(C(=O)N3CCC(C)CC3)S(=O)(=O)c3ccc(Cl)cc32)cc1.